The fourth-order valence-electron chi connectivity index (χ4n) is 2.59. The van der Waals surface area contributed by atoms with E-state index in [4.69, 9.17) is 0 Å². The fourth-order valence-corrected chi connectivity index (χ4v) is 3.42. The molecule has 0 spiro atoms. The second kappa shape index (κ2) is 6.06. The second-order valence-electron chi connectivity index (χ2n) is 5.59. The van der Waals surface area contributed by atoms with E-state index in [1.807, 2.05) is 12.1 Å². The Hall–Kier alpha value is -3.00. The molecule has 130 valence electrons. The lowest BCUT2D eigenvalue weighted by molar-refractivity contribution is -0.137. The van der Waals surface area contributed by atoms with Gasteiger partial charge in [-0.15, -0.1) is 11.3 Å². The van der Waals surface area contributed by atoms with E-state index in [0.29, 0.717) is 16.6 Å². The quantitative estimate of drug-likeness (QED) is 0.552. The van der Waals surface area contributed by atoms with E-state index in [0.717, 1.165) is 22.7 Å². The van der Waals surface area contributed by atoms with Crippen LogP contribution in [0, 0.1) is 0 Å². The summed E-state index contributed by atoms with van der Waals surface area (Å²) in [6, 6.07) is 8.45. The van der Waals surface area contributed by atoms with Crippen LogP contribution < -0.4 is 5.56 Å². The first kappa shape index (κ1) is 16.5. The van der Waals surface area contributed by atoms with Gasteiger partial charge in [-0.25, -0.2) is 4.98 Å². The van der Waals surface area contributed by atoms with E-state index in [9.17, 15) is 18.0 Å². The highest BCUT2D eigenvalue weighted by molar-refractivity contribution is 7.13. The van der Waals surface area contributed by atoms with Crippen molar-refractivity contribution in [2.45, 2.75) is 6.18 Å². The summed E-state index contributed by atoms with van der Waals surface area (Å²) in [5.41, 5.74) is 0.519. The van der Waals surface area contributed by atoms with Crippen molar-refractivity contribution in [2.24, 2.45) is 0 Å². The first-order valence-electron chi connectivity index (χ1n) is 7.52. The van der Waals surface area contributed by atoms with Crippen molar-refractivity contribution in [3.05, 3.63) is 70.1 Å². The third-order valence-electron chi connectivity index (χ3n) is 3.88. The van der Waals surface area contributed by atoms with Gasteiger partial charge in [-0.1, -0.05) is 6.07 Å². The molecule has 0 saturated carbocycles. The van der Waals surface area contributed by atoms with Crippen molar-refractivity contribution in [1.29, 1.82) is 0 Å². The number of H-pyrrole nitrogens is 1. The number of nitrogens with zero attached hydrogens (tertiary/aromatic N) is 2. The number of aromatic amines is 1. The van der Waals surface area contributed by atoms with Gasteiger partial charge in [-0.3, -0.25) is 9.78 Å². The topological polar surface area (TPSA) is 58.6 Å². The van der Waals surface area contributed by atoms with E-state index in [2.05, 4.69) is 15.0 Å². The van der Waals surface area contributed by atoms with Gasteiger partial charge in [0.2, 0.25) is 0 Å². The van der Waals surface area contributed by atoms with Gasteiger partial charge in [0.15, 0.2) is 0 Å². The lowest BCUT2D eigenvalue weighted by Crippen LogP contribution is -2.10. The Balaban J connectivity index is 1.79. The lowest BCUT2D eigenvalue weighted by Gasteiger charge is -2.08. The summed E-state index contributed by atoms with van der Waals surface area (Å²) in [5, 5.41) is 2.98. The Labute approximate surface area is 149 Å². The van der Waals surface area contributed by atoms with Gasteiger partial charge in [0.1, 0.15) is 5.01 Å². The van der Waals surface area contributed by atoms with Gasteiger partial charge < -0.3 is 4.98 Å². The molecule has 0 fully saturated rings. The van der Waals surface area contributed by atoms with E-state index in [-0.39, 0.29) is 5.52 Å². The number of hydrogen-bond donors (Lipinski definition) is 1. The van der Waals surface area contributed by atoms with Gasteiger partial charge in [0.25, 0.3) is 5.56 Å². The smallest absolute Gasteiger partial charge is 0.321 e. The maximum absolute atomic E-state index is 12.8. The first-order valence-corrected chi connectivity index (χ1v) is 8.40. The number of rotatable bonds is 2. The van der Waals surface area contributed by atoms with Crippen LogP contribution in [-0.4, -0.2) is 15.0 Å². The van der Waals surface area contributed by atoms with Crippen molar-refractivity contribution >= 4 is 22.2 Å². The molecular formula is C18H10F3N3OS. The van der Waals surface area contributed by atoms with Crippen LogP contribution in [-0.2, 0) is 6.18 Å². The number of pyridine rings is 2. The summed E-state index contributed by atoms with van der Waals surface area (Å²) in [6.07, 6.45) is -1.16. The van der Waals surface area contributed by atoms with Crippen LogP contribution in [0.3, 0.4) is 0 Å². The molecular weight excluding hydrogens is 363 g/mol. The van der Waals surface area contributed by atoms with E-state index in [1.54, 1.807) is 23.8 Å². The molecule has 0 aliphatic rings. The number of aromatic nitrogens is 3. The number of alkyl halides is 3. The highest BCUT2D eigenvalue weighted by atomic mass is 32.1. The number of fused-ring (bicyclic) bond motifs is 1. The van der Waals surface area contributed by atoms with Crippen LogP contribution in [0.4, 0.5) is 13.2 Å². The monoisotopic (exact) mass is 373 g/mol. The molecule has 3 aromatic heterocycles. The van der Waals surface area contributed by atoms with E-state index < -0.39 is 17.3 Å². The van der Waals surface area contributed by atoms with Crippen molar-refractivity contribution < 1.29 is 13.2 Å². The molecule has 1 aromatic carbocycles. The molecule has 4 rings (SSSR count). The molecule has 26 heavy (non-hydrogen) atoms. The predicted octanol–water partition coefficient (Wildman–Crippen LogP) is 4.73. The summed E-state index contributed by atoms with van der Waals surface area (Å²) in [5.74, 6) is 0. The maximum Gasteiger partial charge on any atom is 0.416 e. The number of halogens is 3. The zero-order valence-electron chi connectivity index (χ0n) is 13.0. The maximum atomic E-state index is 12.8. The molecule has 0 amide bonds. The lowest BCUT2D eigenvalue weighted by atomic mass is 10.1. The standard InChI is InChI=1S/C18H10F3N3OS/c19-18(20,21)12-2-1-11-7-13(16(25)23-14(11)8-12)15-9-26-17(24-15)10-3-5-22-6-4-10/h1-9H,(H,23,25). The van der Waals surface area contributed by atoms with E-state index in [1.165, 1.54) is 17.4 Å². The first-order chi connectivity index (χ1) is 12.4. The summed E-state index contributed by atoms with van der Waals surface area (Å²) < 4.78 is 38.5. The molecule has 0 radical (unpaired) electrons. The van der Waals surface area contributed by atoms with Gasteiger partial charge in [0, 0.05) is 28.9 Å². The van der Waals surface area contributed by atoms with Crippen LogP contribution in [0.5, 0.6) is 0 Å². The van der Waals surface area contributed by atoms with Gasteiger partial charge in [0.05, 0.1) is 16.8 Å². The summed E-state index contributed by atoms with van der Waals surface area (Å²) in [6.45, 7) is 0. The molecule has 4 nitrogen and oxygen atoms in total. The normalized spacial score (nSPS) is 11.8. The average molecular weight is 373 g/mol. The summed E-state index contributed by atoms with van der Waals surface area (Å²) in [7, 11) is 0. The minimum absolute atomic E-state index is 0.137. The van der Waals surface area contributed by atoms with Crippen LogP contribution >= 0.6 is 11.3 Å². The number of nitrogens with one attached hydrogen (secondary N) is 1. The van der Waals surface area contributed by atoms with Crippen molar-refractivity contribution in [2.75, 3.05) is 0 Å². The molecule has 3 heterocycles. The van der Waals surface area contributed by atoms with Crippen LogP contribution in [0.1, 0.15) is 5.56 Å². The largest absolute Gasteiger partial charge is 0.416 e. The Kier molecular flexibility index (Phi) is 3.84. The van der Waals surface area contributed by atoms with E-state index >= 15 is 0 Å². The Morgan fingerprint density at radius 1 is 1.04 bits per heavy atom. The molecule has 0 saturated heterocycles. The number of thiazole rings is 1. The molecule has 1 N–H and O–H groups in total. The highest BCUT2D eigenvalue weighted by Crippen LogP contribution is 2.32. The third kappa shape index (κ3) is 2.99. The Bertz CT molecular complexity index is 1150. The number of hydrogen-bond acceptors (Lipinski definition) is 4. The molecule has 0 atom stereocenters. The molecule has 0 aliphatic heterocycles. The molecule has 0 unspecified atom stereocenters. The minimum Gasteiger partial charge on any atom is -0.321 e. The van der Waals surface area contributed by atoms with Crippen LogP contribution in [0.2, 0.25) is 0 Å². The Morgan fingerprint density at radius 3 is 2.54 bits per heavy atom. The van der Waals surface area contributed by atoms with Crippen molar-refractivity contribution in [3.8, 4) is 21.8 Å². The van der Waals surface area contributed by atoms with Crippen molar-refractivity contribution in [3.63, 3.8) is 0 Å². The van der Waals surface area contributed by atoms with Gasteiger partial charge in [-0.2, -0.15) is 13.2 Å². The average Bonchev–Trinajstić information content (AvgIpc) is 3.10. The molecule has 4 aromatic rings. The Morgan fingerprint density at radius 2 is 1.81 bits per heavy atom. The zero-order valence-corrected chi connectivity index (χ0v) is 13.9. The summed E-state index contributed by atoms with van der Waals surface area (Å²) >= 11 is 1.38. The van der Waals surface area contributed by atoms with Crippen molar-refractivity contribution in [1.82, 2.24) is 15.0 Å². The molecule has 8 heteroatoms. The number of benzene rings is 1. The zero-order chi connectivity index (χ0) is 18.3. The predicted molar refractivity (Wildman–Crippen MR) is 93.9 cm³/mol. The highest BCUT2D eigenvalue weighted by Gasteiger charge is 2.30. The fraction of sp³-hybridized carbons (Fsp3) is 0.0556. The third-order valence-corrected chi connectivity index (χ3v) is 4.77. The molecule has 0 aliphatic carbocycles. The second-order valence-corrected chi connectivity index (χ2v) is 6.44. The van der Waals surface area contributed by atoms with Crippen LogP contribution in [0.25, 0.3) is 32.7 Å². The van der Waals surface area contributed by atoms with Crippen LogP contribution in [0.15, 0.2) is 59.0 Å². The van der Waals surface area contributed by atoms with Gasteiger partial charge in [-0.05, 0) is 35.7 Å². The van der Waals surface area contributed by atoms with Gasteiger partial charge >= 0.3 is 6.18 Å². The summed E-state index contributed by atoms with van der Waals surface area (Å²) in [4.78, 5) is 23.3. The SMILES string of the molecule is O=c1[nH]c2cc(C(F)(F)F)ccc2cc1-c1csc(-c2ccncc2)n1. The molecule has 0 bridgehead atoms. The minimum atomic E-state index is -4.46.